The molecule has 4 aromatic rings. The van der Waals surface area contributed by atoms with Gasteiger partial charge >= 0.3 is 0 Å². The van der Waals surface area contributed by atoms with Crippen molar-refractivity contribution in [2.45, 2.75) is 51.5 Å². The molecule has 0 unspecified atom stereocenters. The Kier molecular flexibility index (Phi) is 5.51. The smallest absolute Gasteiger partial charge is 0.266 e. The fraction of sp³-hybridized carbons (Fsp3) is 0.308. The largest absolute Gasteiger partial charge is 0.299 e. The summed E-state index contributed by atoms with van der Waals surface area (Å²) in [5.41, 5.74) is 4.31. The molecule has 6 heteroatoms. The van der Waals surface area contributed by atoms with Crippen LogP contribution in [-0.2, 0) is 6.42 Å². The first-order valence-corrected chi connectivity index (χ1v) is 11.6. The van der Waals surface area contributed by atoms with E-state index in [2.05, 4.69) is 5.10 Å². The molecule has 0 atom stereocenters. The van der Waals surface area contributed by atoms with Crippen molar-refractivity contribution in [3.05, 3.63) is 92.5 Å². The molecule has 5 rings (SSSR count). The number of benzene rings is 2. The molecule has 32 heavy (non-hydrogen) atoms. The zero-order valence-corrected chi connectivity index (χ0v) is 18.9. The van der Waals surface area contributed by atoms with E-state index in [1.54, 1.807) is 34.9 Å². The van der Waals surface area contributed by atoms with E-state index in [-0.39, 0.29) is 17.5 Å². The number of aromatic nitrogens is 3. The van der Waals surface area contributed by atoms with E-state index < -0.39 is 0 Å². The van der Waals surface area contributed by atoms with E-state index in [4.69, 9.17) is 11.6 Å². The summed E-state index contributed by atoms with van der Waals surface area (Å²) >= 11 is 6.00. The highest BCUT2D eigenvalue weighted by atomic mass is 35.5. The van der Waals surface area contributed by atoms with Gasteiger partial charge in [-0.25, -0.2) is 4.68 Å². The highest BCUT2D eigenvalue weighted by molar-refractivity contribution is 6.30. The van der Waals surface area contributed by atoms with Gasteiger partial charge in [0.25, 0.3) is 11.5 Å². The van der Waals surface area contributed by atoms with Crippen molar-refractivity contribution in [1.29, 1.82) is 0 Å². The molecular weight excluding hydrogens is 422 g/mol. The maximum absolute atomic E-state index is 13.4. The highest BCUT2D eigenvalue weighted by Crippen LogP contribution is 2.30. The maximum Gasteiger partial charge on any atom is 0.266 e. The molecule has 0 aliphatic heterocycles. The number of fused-ring (bicyclic) bond motifs is 1. The maximum atomic E-state index is 13.4. The summed E-state index contributed by atoms with van der Waals surface area (Å²) in [5.74, 6) is -0.0881. The summed E-state index contributed by atoms with van der Waals surface area (Å²) in [6.07, 6.45) is 6.26. The summed E-state index contributed by atoms with van der Waals surface area (Å²) in [7, 11) is 0. The Morgan fingerprint density at radius 2 is 1.78 bits per heavy atom. The zero-order valence-electron chi connectivity index (χ0n) is 18.1. The van der Waals surface area contributed by atoms with Crippen molar-refractivity contribution >= 4 is 28.4 Å². The van der Waals surface area contributed by atoms with E-state index in [1.165, 1.54) is 19.3 Å². The molecule has 1 N–H and O–H groups in total. The molecule has 0 amide bonds. The number of hydrogen-bond acceptors (Lipinski definition) is 2. The summed E-state index contributed by atoms with van der Waals surface area (Å²) in [6.45, 7) is 1.97. The van der Waals surface area contributed by atoms with E-state index in [0.29, 0.717) is 17.0 Å². The van der Waals surface area contributed by atoms with Gasteiger partial charge in [-0.05, 0) is 55.7 Å². The molecule has 164 valence electrons. The molecular formula is C26H26ClN3O2. The lowest BCUT2D eigenvalue weighted by molar-refractivity contribution is 0.0963. The summed E-state index contributed by atoms with van der Waals surface area (Å²) in [6, 6.07) is 16.9. The molecule has 0 bridgehead atoms. The van der Waals surface area contributed by atoms with Gasteiger partial charge < -0.3 is 0 Å². The average molecular weight is 448 g/mol. The number of nitrogens with one attached hydrogen (secondary N) is 1. The van der Waals surface area contributed by atoms with Crippen LogP contribution in [0.3, 0.4) is 0 Å². The predicted molar refractivity (Wildman–Crippen MR) is 128 cm³/mol. The number of para-hydroxylation sites is 1. The van der Waals surface area contributed by atoms with Crippen molar-refractivity contribution < 1.29 is 4.79 Å². The molecule has 1 aliphatic rings. The van der Waals surface area contributed by atoms with Gasteiger partial charge in [0.05, 0.1) is 11.6 Å². The quantitative estimate of drug-likeness (QED) is 0.424. The van der Waals surface area contributed by atoms with Gasteiger partial charge in [0.2, 0.25) is 0 Å². The van der Waals surface area contributed by atoms with Crippen LogP contribution in [0.15, 0.2) is 59.4 Å². The van der Waals surface area contributed by atoms with Crippen molar-refractivity contribution in [3.8, 4) is 0 Å². The zero-order chi connectivity index (χ0) is 22.2. The minimum absolute atomic E-state index is 0.0329. The van der Waals surface area contributed by atoms with Crippen LogP contribution < -0.4 is 5.56 Å². The molecule has 1 saturated carbocycles. The van der Waals surface area contributed by atoms with Gasteiger partial charge in [-0.2, -0.15) is 0 Å². The topological polar surface area (TPSA) is 59.8 Å². The number of rotatable bonds is 4. The van der Waals surface area contributed by atoms with Gasteiger partial charge in [-0.1, -0.05) is 49.1 Å². The Bertz CT molecular complexity index is 1340. The molecule has 1 aliphatic carbocycles. The van der Waals surface area contributed by atoms with Gasteiger partial charge in [-0.15, -0.1) is 0 Å². The Morgan fingerprint density at radius 3 is 2.53 bits per heavy atom. The van der Waals surface area contributed by atoms with E-state index >= 15 is 0 Å². The Balaban J connectivity index is 1.54. The first kappa shape index (κ1) is 20.8. The predicted octanol–water partition coefficient (Wildman–Crippen LogP) is 5.88. The number of aromatic amines is 1. The lowest BCUT2D eigenvalue weighted by Gasteiger charge is -2.22. The number of hydrogen-bond donors (Lipinski definition) is 1. The molecule has 0 radical (unpaired) electrons. The number of nitrogens with zero attached hydrogens (tertiary/aromatic N) is 2. The van der Waals surface area contributed by atoms with Crippen LogP contribution in [0.2, 0.25) is 5.02 Å². The standard InChI is InChI=1S/C26H26ClN3O2/c1-17-23(15-20-16-25(31)30(28-20)21-7-3-2-4-8-21)22-9-5-6-10-24(22)29(17)26(32)18-11-13-19(27)14-12-18/h5-6,9-14,16,21,28H,2-4,7-8,15H2,1H3. The SMILES string of the molecule is Cc1c(Cc2cc(=O)n(C3CCCCC3)[nH]2)c2ccccc2n1C(=O)c1ccc(Cl)cc1. The van der Waals surface area contributed by atoms with E-state index in [9.17, 15) is 9.59 Å². The third-order valence-corrected chi connectivity index (χ3v) is 6.89. The average Bonchev–Trinajstić information content (AvgIpc) is 3.31. The van der Waals surface area contributed by atoms with Crippen LogP contribution in [0.1, 0.15) is 65.5 Å². The van der Waals surface area contributed by atoms with Crippen LogP contribution in [0.5, 0.6) is 0 Å². The van der Waals surface area contributed by atoms with Crippen molar-refractivity contribution in [2.24, 2.45) is 0 Å². The molecule has 0 spiro atoms. The van der Waals surface area contributed by atoms with E-state index in [0.717, 1.165) is 40.7 Å². The normalized spacial score (nSPS) is 14.8. The minimum Gasteiger partial charge on any atom is -0.299 e. The molecule has 2 heterocycles. The molecule has 0 saturated heterocycles. The fourth-order valence-electron chi connectivity index (χ4n) is 4.99. The third kappa shape index (κ3) is 3.71. The van der Waals surface area contributed by atoms with Crippen LogP contribution in [-0.4, -0.2) is 20.3 Å². The summed E-state index contributed by atoms with van der Waals surface area (Å²) < 4.78 is 3.58. The van der Waals surface area contributed by atoms with Crippen LogP contribution in [0.4, 0.5) is 0 Å². The molecule has 5 nitrogen and oxygen atoms in total. The second-order valence-corrected chi connectivity index (χ2v) is 9.12. The number of carbonyl (C=O) groups excluding carboxylic acids is 1. The van der Waals surface area contributed by atoms with Gasteiger partial charge in [0.15, 0.2) is 0 Å². The Hall–Kier alpha value is -3.05. The van der Waals surface area contributed by atoms with Crippen molar-refractivity contribution in [1.82, 2.24) is 14.3 Å². The molecule has 1 fully saturated rings. The lowest BCUT2D eigenvalue weighted by Crippen LogP contribution is -2.23. The number of carbonyl (C=O) groups is 1. The third-order valence-electron chi connectivity index (χ3n) is 6.64. The lowest BCUT2D eigenvalue weighted by atomic mass is 9.96. The monoisotopic (exact) mass is 447 g/mol. The van der Waals surface area contributed by atoms with Crippen molar-refractivity contribution in [2.75, 3.05) is 0 Å². The summed E-state index contributed by atoms with van der Waals surface area (Å²) in [4.78, 5) is 26.0. The highest BCUT2D eigenvalue weighted by Gasteiger charge is 2.22. The minimum atomic E-state index is -0.0881. The van der Waals surface area contributed by atoms with Crippen LogP contribution in [0.25, 0.3) is 10.9 Å². The van der Waals surface area contributed by atoms with Gasteiger partial charge in [-0.3, -0.25) is 19.3 Å². The first-order valence-electron chi connectivity index (χ1n) is 11.2. The molecule has 2 aromatic carbocycles. The second-order valence-electron chi connectivity index (χ2n) is 8.69. The second kappa shape index (κ2) is 8.47. The number of H-pyrrole nitrogens is 1. The Morgan fingerprint density at radius 1 is 1.06 bits per heavy atom. The van der Waals surface area contributed by atoms with Crippen molar-refractivity contribution in [3.63, 3.8) is 0 Å². The fourth-order valence-corrected chi connectivity index (χ4v) is 5.12. The van der Waals surface area contributed by atoms with Gasteiger partial charge in [0, 0.05) is 39.8 Å². The summed E-state index contributed by atoms with van der Waals surface area (Å²) in [5, 5.41) is 4.99. The first-order chi connectivity index (χ1) is 15.5. The molecule has 2 aromatic heterocycles. The van der Waals surface area contributed by atoms with Gasteiger partial charge in [0.1, 0.15) is 0 Å². The van der Waals surface area contributed by atoms with Crippen LogP contribution >= 0.6 is 11.6 Å². The number of halogens is 1. The van der Waals surface area contributed by atoms with Crippen LogP contribution in [0, 0.1) is 6.92 Å². The Labute approximate surface area is 191 Å². The van der Waals surface area contributed by atoms with E-state index in [1.807, 2.05) is 35.9 Å².